The molecule has 1 N–H and O–H groups in total. The second kappa shape index (κ2) is 5.76. The van der Waals surface area contributed by atoms with Gasteiger partial charge in [-0.15, -0.1) is 0 Å². The van der Waals surface area contributed by atoms with E-state index in [1.165, 1.54) is 6.42 Å². The largest absolute Gasteiger partial charge is 0.312 e. The summed E-state index contributed by atoms with van der Waals surface area (Å²) in [6.07, 6.45) is 2.93. The van der Waals surface area contributed by atoms with Crippen LogP contribution in [0.3, 0.4) is 0 Å². The molecular weight excluding hydrogens is 224 g/mol. The standard InChI is InChI=1S/C14H24N4/c1-14(2,3)13-11-18(9-5-7-15-13)10-12-6-4-8-16-17-12/h4,6,8,13,15H,5,7,9-11H2,1-3H3. The molecule has 4 heteroatoms. The van der Waals surface area contributed by atoms with E-state index in [1.54, 1.807) is 6.20 Å². The molecular formula is C14H24N4. The van der Waals surface area contributed by atoms with Crippen molar-refractivity contribution in [2.75, 3.05) is 19.6 Å². The molecule has 1 aromatic heterocycles. The minimum absolute atomic E-state index is 0.297. The average Bonchev–Trinajstić information content (AvgIpc) is 2.55. The molecule has 0 spiro atoms. The van der Waals surface area contributed by atoms with Gasteiger partial charge in [0.1, 0.15) is 0 Å². The highest BCUT2D eigenvalue weighted by Crippen LogP contribution is 2.22. The van der Waals surface area contributed by atoms with Gasteiger partial charge >= 0.3 is 0 Å². The van der Waals surface area contributed by atoms with Gasteiger partial charge in [-0.2, -0.15) is 10.2 Å². The number of nitrogens with zero attached hydrogens (tertiary/aromatic N) is 3. The molecule has 1 atom stereocenters. The summed E-state index contributed by atoms with van der Waals surface area (Å²) in [5, 5.41) is 11.8. The Balaban J connectivity index is 1.99. The zero-order valence-electron chi connectivity index (χ0n) is 11.7. The molecule has 0 saturated carbocycles. The first-order valence-corrected chi connectivity index (χ1v) is 6.78. The Bertz CT molecular complexity index is 358. The van der Waals surface area contributed by atoms with Gasteiger partial charge in [-0.1, -0.05) is 20.8 Å². The van der Waals surface area contributed by atoms with E-state index in [-0.39, 0.29) is 0 Å². The van der Waals surface area contributed by atoms with Crippen molar-refractivity contribution in [2.24, 2.45) is 5.41 Å². The quantitative estimate of drug-likeness (QED) is 0.864. The summed E-state index contributed by atoms with van der Waals surface area (Å²) < 4.78 is 0. The molecule has 1 aliphatic rings. The van der Waals surface area contributed by atoms with Gasteiger partial charge in [0.05, 0.1) is 5.69 Å². The van der Waals surface area contributed by atoms with Crippen molar-refractivity contribution >= 4 is 0 Å². The van der Waals surface area contributed by atoms with Crippen LogP contribution in [-0.4, -0.2) is 40.8 Å². The van der Waals surface area contributed by atoms with Gasteiger partial charge in [0.2, 0.25) is 0 Å². The monoisotopic (exact) mass is 248 g/mol. The van der Waals surface area contributed by atoms with E-state index in [2.05, 4.69) is 47.3 Å². The Hall–Kier alpha value is -1.00. The predicted molar refractivity (Wildman–Crippen MR) is 73.2 cm³/mol. The summed E-state index contributed by atoms with van der Waals surface area (Å²) >= 11 is 0. The van der Waals surface area contributed by atoms with E-state index in [9.17, 15) is 0 Å². The van der Waals surface area contributed by atoms with Gasteiger partial charge in [-0.25, -0.2) is 0 Å². The predicted octanol–water partition coefficient (Wildman–Crippen LogP) is 1.69. The van der Waals surface area contributed by atoms with Crippen LogP contribution in [0.15, 0.2) is 18.3 Å². The smallest absolute Gasteiger partial charge is 0.0771 e. The molecule has 4 nitrogen and oxygen atoms in total. The van der Waals surface area contributed by atoms with E-state index in [0.29, 0.717) is 11.5 Å². The molecule has 1 fully saturated rings. The van der Waals surface area contributed by atoms with Crippen LogP contribution in [0.25, 0.3) is 0 Å². The van der Waals surface area contributed by atoms with Crippen LogP contribution in [0.2, 0.25) is 0 Å². The summed E-state index contributed by atoms with van der Waals surface area (Å²) in [6, 6.07) is 4.55. The topological polar surface area (TPSA) is 41.1 Å². The number of rotatable bonds is 2. The third-order valence-corrected chi connectivity index (χ3v) is 3.54. The normalized spacial score (nSPS) is 22.7. The maximum Gasteiger partial charge on any atom is 0.0771 e. The Morgan fingerprint density at radius 1 is 1.44 bits per heavy atom. The second-order valence-corrected chi connectivity index (χ2v) is 6.18. The minimum Gasteiger partial charge on any atom is -0.312 e. The summed E-state index contributed by atoms with van der Waals surface area (Å²) in [6.45, 7) is 11.1. The van der Waals surface area contributed by atoms with Crippen LogP contribution < -0.4 is 5.32 Å². The van der Waals surface area contributed by atoms with Gasteiger partial charge in [-0.05, 0) is 37.1 Å². The van der Waals surface area contributed by atoms with Crippen LogP contribution in [0.4, 0.5) is 0 Å². The lowest BCUT2D eigenvalue weighted by Gasteiger charge is -2.33. The first-order valence-electron chi connectivity index (χ1n) is 6.78. The second-order valence-electron chi connectivity index (χ2n) is 6.18. The van der Waals surface area contributed by atoms with Crippen molar-refractivity contribution < 1.29 is 0 Å². The van der Waals surface area contributed by atoms with Gasteiger partial charge in [0.15, 0.2) is 0 Å². The molecule has 0 bridgehead atoms. The maximum absolute atomic E-state index is 4.18. The van der Waals surface area contributed by atoms with Crippen molar-refractivity contribution in [3.63, 3.8) is 0 Å². The highest BCUT2D eigenvalue weighted by Gasteiger charge is 2.28. The fourth-order valence-corrected chi connectivity index (χ4v) is 2.36. The number of hydrogen-bond donors (Lipinski definition) is 1. The molecule has 0 amide bonds. The zero-order valence-corrected chi connectivity index (χ0v) is 11.7. The zero-order chi connectivity index (χ0) is 13.0. The molecule has 1 unspecified atom stereocenters. The molecule has 0 aliphatic carbocycles. The fraction of sp³-hybridized carbons (Fsp3) is 0.714. The molecule has 18 heavy (non-hydrogen) atoms. The van der Waals surface area contributed by atoms with Crippen molar-refractivity contribution in [3.8, 4) is 0 Å². The van der Waals surface area contributed by atoms with E-state index >= 15 is 0 Å². The maximum atomic E-state index is 4.18. The molecule has 2 rings (SSSR count). The summed E-state index contributed by atoms with van der Waals surface area (Å²) in [4.78, 5) is 2.49. The minimum atomic E-state index is 0.297. The van der Waals surface area contributed by atoms with E-state index in [1.807, 2.05) is 6.07 Å². The summed E-state index contributed by atoms with van der Waals surface area (Å²) in [5.74, 6) is 0. The summed E-state index contributed by atoms with van der Waals surface area (Å²) in [7, 11) is 0. The SMILES string of the molecule is CC(C)(C)C1CN(Cc2cccnn2)CCCN1. The molecule has 2 heterocycles. The Morgan fingerprint density at radius 2 is 2.28 bits per heavy atom. The van der Waals surface area contributed by atoms with Crippen molar-refractivity contribution in [3.05, 3.63) is 24.0 Å². The highest BCUT2D eigenvalue weighted by molar-refractivity contribution is 4.99. The van der Waals surface area contributed by atoms with Crippen LogP contribution in [0, 0.1) is 5.41 Å². The van der Waals surface area contributed by atoms with Gasteiger partial charge < -0.3 is 5.32 Å². The fourth-order valence-electron chi connectivity index (χ4n) is 2.36. The van der Waals surface area contributed by atoms with Gasteiger partial charge in [-0.3, -0.25) is 4.90 Å². The molecule has 100 valence electrons. The third kappa shape index (κ3) is 3.75. The van der Waals surface area contributed by atoms with Crippen LogP contribution >= 0.6 is 0 Å². The van der Waals surface area contributed by atoms with E-state index in [0.717, 1.165) is 31.9 Å². The Kier molecular flexibility index (Phi) is 4.30. The van der Waals surface area contributed by atoms with Crippen molar-refractivity contribution in [1.82, 2.24) is 20.4 Å². The molecule has 1 aliphatic heterocycles. The Morgan fingerprint density at radius 3 is 2.94 bits per heavy atom. The Labute approximate surface area is 110 Å². The lowest BCUT2D eigenvalue weighted by molar-refractivity contribution is 0.190. The lowest BCUT2D eigenvalue weighted by atomic mass is 9.86. The molecule has 0 aromatic carbocycles. The number of hydrogen-bond acceptors (Lipinski definition) is 4. The van der Waals surface area contributed by atoms with Crippen molar-refractivity contribution in [1.29, 1.82) is 0 Å². The molecule has 0 radical (unpaired) electrons. The average molecular weight is 248 g/mol. The first-order chi connectivity index (χ1) is 8.55. The third-order valence-electron chi connectivity index (χ3n) is 3.54. The van der Waals surface area contributed by atoms with Crippen LogP contribution in [0.1, 0.15) is 32.9 Å². The van der Waals surface area contributed by atoms with Crippen LogP contribution in [0.5, 0.6) is 0 Å². The number of nitrogens with one attached hydrogen (secondary N) is 1. The first kappa shape index (κ1) is 13.4. The lowest BCUT2D eigenvalue weighted by Crippen LogP contribution is -2.46. The van der Waals surface area contributed by atoms with Gasteiger partial charge in [0, 0.05) is 25.3 Å². The molecule has 1 aromatic rings. The van der Waals surface area contributed by atoms with E-state index in [4.69, 9.17) is 0 Å². The van der Waals surface area contributed by atoms with Gasteiger partial charge in [0.25, 0.3) is 0 Å². The van der Waals surface area contributed by atoms with Crippen molar-refractivity contribution in [2.45, 2.75) is 39.8 Å². The van der Waals surface area contributed by atoms with E-state index < -0.39 is 0 Å². The summed E-state index contributed by atoms with van der Waals surface area (Å²) in [5.41, 5.74) is 1.36. The molecule has 1 saturated heterocycles. The number of aromatic nitrogens is 2. The van der Waals surface area contributed by atoms with Crippen LogP contribution in [-0.2, 0) is 6.54 Å². The highest BCUT2D eigenvalue weighted by atomic mass is 15.2.